The number of aromatic amines is 2. The second-order valence-electron chi connectivity index (χ2n) is 4.10. The van der Waals surface area contributed by atoms with Crippen LogP contribution in [0.15, 0.2) is 34.1 Å². The van der Waals surface area contributed by atoms with Crippen molar-refractivity contribution in [3.05, 3.63) is 34.9 Å². The maximum absolute atomic E-state index is 11.2. The van der Waals surface area contributed by atoms with Gasteiger partial charge in [0.15, 0.2) is 5.65 Å². The average molecular weight is 288 g/mol. The minimum atomic E-state index is -0.416. The molecule has 2 heterocycles. The largest absolute Gasteiger partial charge is 0.496 e. The number of nitrogens with one attached hydrogen (secondary N) is 2. The first-order valence-corrected chi connectivity index (χ1v) is 7.11. The number of thioether (sulfide) groups is 1. The van der Waals surface area contributed by atoms with Gasteiger partial charge < -0.3 is 9.72 Å². The summed E-state index contributed by atoms with van der Waals surface area (Å²) in [5, 5.41) is 0. The second kappa shape index (κ2) is 5.01. The summed E-state index contributed by atoms with van der Waals surface area (Å²) in [7, 11) is 1.61. The molecule has 1 aromatic carbocycles. The zero-order chi connectivity index (χ0) is 14.1. The van der Waals surface area contributed by atoms with Crippen LogP contribution in [0.3, 0.4) is 0 Å². The van der Waals surface area contributed by atoms with E-state index < -0.39 is 5.69 Å². The monoisotopic (exact) mass is 288 g/mol. The smallest absolute Gasteiger partial charge is 0.346 e. The predicted octanol–water partition coefficient (Wildman–Crippen LogP) is 2.04. The van der Waals surface area contributed by atoms with Gasteiger partial charge in [-0.25, -0.2) is 9.78 Å². The van der Waals surface area contributed by atoms with Crippen LogP contribution in [0.4, 0.5) is 0 Å². The molecule has 2 N–H and O–H groups in total. The molecule has 0 radical (unpaired) electrons. The highest BCUT2D eigenvalue weighted by Gasteiger charge is 2.12. The van der Waals surface area contributed by atoms with E-state index in [2.05, 4.69) is 19.9 Å². The summed E-state index contributed by atoms with van der Waals surface area (Å²) in [4.78, 5) is 26.1. The lowest BCUT2D eigenvalue weighted by molar-refractivity contribution is 0.416. The zero-order valence-electron chi connectivity index (χ0n) is 10.9. The van der Waals surface area contributed by atoms with Crippen molar-refractivity contribution >= 4 is 22.9 Å². The van der Waals surface area contributed by atoms with Crippen LogP contribution in [0, 0.1) is 0 Å². The van der Waals surface area contributed by atoms with Gasteiger partial charge in [0.05, 0.1) is 18.9 Å². The minimum absolute atomic E-state index is 0.416. The number of hydrogen-bond donors (Lipinski definition) is 2. The van der Waals surface area contributed by atoms with Crippen molar-refractivity contribution in [3.63, 3.8) is 0 Å². The van der Waals surface area contributed by atoms with Gasteiger partial charge in [0.2, 0.25) is 0 Å². The lowest BCUT2D eigenvalue weighted by Crippen LogP contribution is -2.08. The molecule has 0 bridgehead atoms. The van der Waals surface area contributed by atoms with E-state index in [9.17, 15) is 4.79 Å². The molecule has 102 valence electrons. The minimum Gasteiger partial charge on any atom is -0.496 e. The molecule has 0 aliphatic heterocycles. The Kier molecular flexibility index (Phi) is 3.19. The van der Waals surface area contributed by atoms with Crippen molar-refractivity contribution in [2.75, 3.05) is 13.4 Å². The topological polar surface area (TPSA) is 83.7 Å². The molecule has 0 atom stereocenters. The van der Waals surface area contributed by atoms with Crippen LogP contribution in [-0.2, 0) is 0 Å². The highest BCUT2D eigenvalue weighted by molar-refractivity contribution is 7.98. The fourth-order valence-corrected chi connectivity index (χ4v) is 2.40. The molecule has 3 aromatic rings. The molecule has 0 saturated heterocycles. The summed E-state index contributed by atoms with van der Waals surface area (Å²) >= 11 is 1.64. The summed E-state index contributed by atoms with van der Waals surface area (Å²) in [5.41, 5.74) is 1.59. The van der Waals surface area contributed by atoms with Gasteiger partial charge in [-0.3, -0.25) is 4.98 Å². The van der Waals surface area contributed by atoms with Gasteiger partial charge in [0, 0.05) is 4.90 Å². The molecule has 0 fully saturated rings. The van der Waals surface area contributed by atoms with E-state index >= 15 is 0 Å². The molecule has 0 amide bonds. The molecule has 0 aliphatic rings. The maximum Gasteiger partial charge on any atom is 0.346 e. The number of benzene rings is 1. The Morgan fingerprint density at radius 2 is 2.15 bits per heavy atom. The lowest BCUT2D eigenvalue weighted by Gasteiger charge is -2.07. The number of nitrogens with zero attached hydrogens (tertiary/aromatic N) is 2. The first kappa shape index (κ1) is 12.7. The van der Waals surface area contributed by atoms with Crippen LogP contribution in [-0.4, -0.2) is 33.3 Å². The number of hydrogen-bond acceptors (Lipinski definition) is 5. The number of fused-ring (bicyclic) bond motifs is 1. The van der Waals surface area contributed by atoms with Gasteiger partial charge in [-0.05, 0) is 24.5 Å². The fraction of sp³-hybridized carbons (Fsp3) is 0.154. The molecule has 0 unspecified atom stereocenters. The number of imidazole rings is 1. The van der Waals surface area contributed by atoms with Crippen LogP contribution in [0.25, 0.3) is 22.6 Å². The van der Waals surface area contributed by atoms with Crippen molar-refractivity contribution in [1.29, 1.82) is 0 Å². The van der Waals surface area contributed by atoms with E-state index in [4.69, 9.17) is 4.74 Å². The third-order valence-electron chi connectivity index (χ3n) is 2.93. The summed E-state index contributed by atoms with van der Waals surface area (Å²) in [6, 6.07) is 5.88. The van der Waals surface area contributed by atoms with Gasteiger partial charge in [0.1, 0.15) is 17.1 Å². The number of rotatable bonds is 3. The van der Waals surface area contributed by atoms with Crippen molar-refractivity contribution in [1.82, 2.24) is 19.9 Å². The Morgan fingerprint density at radius 3 is 2.90 bits per heavy atom. The van der Waals surface area contributed by atoms with Gasteiger partial charge in [-0.2, -0.15) is 4.98 Å². The van der Waals surface area contributed by atoms with Crippen LogP contribution < -0.4 is 10.4 Å². The van der Waals surface area contributed by atoms with Crippen LogP contribution in [0.2, 0.25) is 0 Å². The standard InChI is InChI=1S/C13H12N4O2S/c1-19-10-4-3-7(20-2)5-8(10)11-15-9-6-14-13(18)17-12(9)16-11/h3-6H,1-2H3,(H2,14,15,16,17,18). The first-order valence-electron chi connectivity index (χ1n) is 5.88. The number of methoxy groups -OCH3 is 1. The molecular weight excluding hydrogens is 276 g/mol. The maximum atomic E-state index is 11.2. The van der Waals surface area contributed by atoms with E-state index in [0.717, 1.165) is 16.2 Å². The third-order valence-corrected chi connectivity index (χ3v) is 3.66. The van der Waals surface area contributed by atoms with E-state index in [1.165, 1.54) is 6.20 Å². The van der Waals surface area contributed by atoms with Crippen molar-refractivity contribution in [3.8, 4) is 17.1 Å². The Hall–Kier alpha value is -2.28. The van der Waals surface area contributed by atoms with Gasteiger partial charge in [0.25, 0.3) is 0 Å². The van der Waals surface area contributed by atoms with Crippen LogP contribution in [0.5, 0.6) is 5.75 Å². The zero-order valence-corrected chi connectivity index (χ0v) is 11.7. The van der Waals surface area contributed by atoms with Crippen molar-refractivity contribution in [2.45, 2.75) is 4.90 Å². The summed E-state index contributed by atoms with van der Waals surface area (Å²) < 4.78 is 5.36. The summed E-state index contributed by atoms with van der Waals surface area (Å²) in [5.74, 6) is 1.36. The summed E-state index contributed by atoms with van der Waals surface area (Å²) in [6.07, 6.45) is 3.47. The highest BCUT2D eigenvalue weighted by atomic mass is 32.2. The molecule has 0 aliphatic carbocycles. The van der Waals surface area contributed by atoms with Gasteiger partial charge in [-0.1, -0.05) is 0 Å². The van der Waals surface area contributed by atoms with E-state index in [0.29, 0.717) is 17.0 Å². The molecule has 2 aromatic heterocycles. The average Bonchev–Trinajstić information content (AvgIpc) is 2.89. The lowest BCUT2D eigenvalue weighted by atomic mass is 10.2. The Morgan fingerprint density at radius 1 is 1.30 bits per heavy atom. The van der Waals surface area contributed by atoms with Crippen molar-refractivity contribution in [2.24, 2.45) is 0 Å². The quantitative estimate of drug-likeness (QED) is 0.721. The molecule has 0 spiro atoms. The van der Waals surface area contributed by atoms with Crippen LogP contribution in [0.1, 0.15) is 0 Å². The first-order chi connectivity index (χ1) is 9.71. The number of aromatic nitrogens is 4. The summed E-state index contributed by atoms with van der Waals surface area (Å²) in [6.45, 7) is 0. The van der Waals surface area contributed by atoms with Crippen molar-refractivity contribution < 1.29 is 4.74 Å². The van der Waals surface area contributed by atoms with E-state index in [1.54, 1.807) is 18.9 Å². The molecule has 20 heavy (non-hydrogen) atoms. The SMILES string of the molecule is COc1ccc(SC)cc1-c1nc2[nH]c(=O)ncc2[nH]1. The molecule has 6 nitrogen and oxygen atoms in total. The van der Waals surface area contributed by atoms with Crippen LogP contribution >= 0.6 is 11.8 Å². The number of ether oxygens (including phenoxy) is 1. The van der Waals surface area contributed by atoms with E-state index in [1.807, 2.05) is 24.5 Å². The molecule has 3 rings (SSSR count). The number of H-pyrrole nitrogens is 2. The predicted molar refractivity (Wildman–Crippen MR) is 78.3 cm³/mol. The Bertz CT molecular complexity index is 825. The highest BCUT2D eigenvalue weighted by Crippen LogP contribution is 2.32. The third kappa shape index (κ3) is 2.16. The second-order valence-corrected chi connectivity index (χ2v) is 4.98. The molecular formula is C13H12N4O2S. The molecule has 0 saturated carbocycles. The fourth-order valence-electron chi connectivity index (χ4n) is 1.96. The Balaban J connectivity index is 2.21. The Labute approximate surface area is 118 Å². The molecule has 7 heteroatoms. The van der Waals surface area contributed by atoms with Gasteiger partial charge >= 0.3 is 5.69 Å². The normalized spacial score (nSPS) is 10.9. The van der Waals surface area contributed by atoms with Gasteiger partial charge in [-0.15, -0.1) is 11.8 Å². The van der Waals surface area contributed by atoms with E-state index in [-0.39, 0.29) is 0 Å².